The van der Waals surface area contributed by atoms with E-state index in [4.69, 9.17) is 52.1 Å². The van der Waals surface area contributed by atoms with Crippen LogP contribution in [-0.4, -0.2) is 103 Å². The summed E-state index contributed by atoms with van der Waals surface area (Å²) in [5.74, 6) is 1.97. The smallest absolute Gasteiger partial charge is 0.337 e. The lowest BCUT2D eigenvalue weighted by molar-refractivity contribution is 0.0592. The summed E-state index contributed by atoms with van der Waals surface area (Å²) >= 11 is 11.9. The molecule has 5 aromatic heterocycles. The number of pyridine rings is 3. The molecule has 2 fully saturated rings. The van der Waals surface area contributed by atoms with E-state index in [9.17, 15) is 14.0 Å². The number of methoxy groups -OCH3 is 2. The van der Waals surface area contributed by atoms with Crippen LogP contribution in [0.1, 0.15) is 49.1 Å². The number of ether oxygens (including phenoxy) is 4. The number of carbonyl (C=O) groups is 2. The Bertz CT molecular complexity index is 3080. The third-order valence-corrected chi connectivity index (χ3v) is 12.5. The average molecular weight is 1030 g/mol. The van der Waals surface area contributed by atoms with Gasteiger partial charge in [-0.15, -0.1) is 36.4 Å². The van der Waals surface area contributed by atoms with Crippen LogP contribution in [0.3, 0.4) is 0 Å². The Kier molecular flexibility index (Phi) is 17.3. The van der Waals surface area contributed by atoms with Crippen LogP contribution in [0.2, 0.25) is 5.02 Å². The molecule has 10 rings (SSSR count). The van der Waals surface area contributed by atoms with Gasteiger partial charge in [-0.2, -0.15) is 4.98 Å². The first kappa shape index (κ1) is 51.5. The van der Waals surface area contributed by atoms with Crippen LogP contribution in [0.5, 0.6) is 5.88 Å². The molecule has 20 heteroatoms. The second-order valence-electron chi connectivity index (χ2n) is 16.2. The van der Waals surface area contributed by atoms with Crippen LogP contribution in [0.15, 0.2) is 122 Å². The van der Waals surface area contributed by atoms with Crippen LogP contribution in [0.4, 0.5) is 10.2 Å². The van der Waals surface area contributed by atoms with Gasteiger partial charge in [0.15, 0.2) is 0 Å². The minimum Gasteiger partial charge on any atom is -0.473 e. The van der Waals surface area contributed by atoms with E-state index in [0.29, 0.717) is 66.3 Å². The molecule has 2 saturated heterocycles. The molecule has 70 heavy (non-hydrogen) atoms. The number of aromatic nitrogens is 7. The molecule has 7 heterocycles. The van der Waals surface area contributed by atoms with E-state index in [2.05, 4.69) is 29.3 Å². The molecule has 0 amide bonds. The van der Waals surface area contributed by atoms with Crippen molar-refractivity contribution in [3.05, 3.63) is 172 Å². The maximum absolute atomic E-state index is 14.3. The summed E-state index contributed by atoms with van der Waals surface area (Å²) in [5, 5.41) is 0.340. The quantitative estimate of drug-likeness (QED) is 0.0799. The van der Waals surface area contributed by atoms with Crippen molar-refractivity contribution in [1.29, 1.82) is 0 Å². The zero-order valence-electron chi connectivity index (χ0n) is 38.0. The zero-order valence-corrected chi connectivity index (χ0v) is 41.1. The molecule has 0 bridgehead atoms. The summed E-state index contributed by atoms with van der Waals surface area (Å²) in [6, 6.07) is 28.9. The van der Waals surface area contributed by atoms with E-state index >= 15 is 0 Å². The molecule has 364 valence electrons. The van der Waals surface area contributed by atoms with Crippen molar-refractivity contribution in [3.8, 4) is 5.88 Å². The fraction of sp³-hybridized carbons (Fsp3) is 0.260. The van der Waals surface area contributed by atoms with E-state index in [0.717, 1.165) is 63.7 Å². The van der Waals surface area contributed by atoms with Crippen LogP contribution in [0, 0.1) is 5.82 Å². The van der Waals surface area contributed by atoms with Gasteiger partial charge in [0, 0.05) is 54.5 Å². The van der Waals surface area contributed by atoms with Crippen LogP contribution in [0.25, 0.3) is 22.1 Å². The van der Waals surface area contributed by atoms with Crippen LogP contribution in [-0.2, 0) is 46.3 Å². The second kappa shape index (κ2) is 23.5. The number of anilines is 1. The lowest BCUT2D eigenvalue weighted by Gasteiger charge is -2.44. The number of fused-ring (bicyclic) bond motifs is 3. The number of halogens is 5. The first-order chi connectivity index (χ1) is 33.2. The van der Waals surface area contributed by atoms with Gasteiger partial charge in [0.05, 0.1) is 98.2 Å². The monoisotopic (exact) mass is 1030 g/mol. The van der Waals surface area contributed by atoms with Gasteiger partial charge in [-0.25, -0.2) is 23.9 Å². The Balaban J connectivity index is 0.000000253. The summed E-state index contributed by atoms with van der Waals surface area (Å²) in [6.07, 6.45) is 7.12. The highest BCUT2D eigenvalue weighted by molar-refractivity contribution is 6.30. The van der Waals surface area contributed by atoms with E-state index in [1.54, 1.807) is 61.1 Å². The van der Waals surface area contributed by atoms with E-state index in [1.165, 1.54) is 20.3 Å². The van der Waals surface area contributed by atoms with E-state index in [1.807, 2.05) is 59.3 Å². The minimum atomic E-state index is -0.413. The van der Waals surface area contributed by atoms with Crippen molar-refractivity contribution in [2.24, 2.45) is 0 Å². The van der Waals surface area contributed by atoms with Gasteiger partial charge in [-0.05, 0) is 77.9 Å². The molecule has 8 aromatic rings. The predicted octanol–water partition coefficient (Wildman–Crippen LogP) is 8.97. The maximum atomic E-state index is 14.3. The average Bonchev–Trinajstić information content (AvgIpc) is 4.10. The lowest BCUT2D eigenvalue weighted by atomic mass is 10.0. The maximum Gasteiger partial charge on any atom is 0.337 e. The number of rotatable bonds is 13. The van der Waals surface area contributed by atoms with Gasteiger partial charge in [0.2, 0.25) is 5.88 Å². The Morgan fingerprint density at radius 3 is 1.91 bits per heavy atom. The number of alkyl halides is 1. The van der Waals surface area contributed by atoms with Gasteiger partial charge >= 0.3 is 11.9 Å². The van der Waals surface area contributed by atoms with Gasteiger partial charge < -0.3 is 33.0 Å². The summed E-state index contributed by atoms with van der Waals surface area (Å²) < 4.78 is 40.1. The largest absolute Gasteiger partial charge is 0.473 e. The van der Waals surface area contributed by atoms with E-state index in [-0.39, 0.29) is 55.4 Å². The molecule has 2 aliphatic heterocycles. The van der Waals surface area contributed by atoms with E-state index < -0.39 is 5.82 Å². The minimum absolute atomic E-state index is 0. The molecular formula is C50H48Cl4FN9O6. The summed E-state index contributed by atoms with van der Waals surface area (Å²) in [7, 11) is 2.75. The SMILES string of the molecule is COC(=O)c1ccc2nc(CCl)n(Cc3cccnc3)c2c1.COC(=O)c1ccc2nc(CN3CCN(c4cccc(OCc5ccc(Cl)cc5F)n4)[C@H]4COC[C@H]43)n(Cc3cccnc3)c2c1.Cl.Cl. The van der Waals surface area contributed by atoms with Crippen molar-refractivity contribution < 1.29 is 32.9 Å². The summed E-state index contributed by atoms with van der Waals surface area (Å²) in [4.78, 5) is 51.5. The lowest BCUT2D eigenvalue weighted by Crippen LogP contribution is -2.59. The van der Waals surface area contributed by atoms with Gasteiger partial charge in [-0.3, -0.25) is 14.9 Å². The number of benzene rings is 3. The second-order valence-corrected chi connectivity index (χ2v) is 16.9. The molecule has 0 aliphatic carbocycles. The number of esters is 2. The van der Waals surface area contributed by atoms with Crippen LogP contribution >= 0.6 is 48.0 Å². The van der Waals surface area contributed by atoms with Crippen molar-refractivity contribution in [1.82, 2.24) is 39.0 Å². The molecule has 15 nitrogen and oxygen atoms in total. The Morgan fingerprint density at radius 2 is 1.33 bits per heavy atom. The standard InChI is InChI=1S/C34H32ClFN6O4.C16H14ClN3O2.2ClH/c1-44-34(43)23-8-10-27-28(14-23)42(17-22-4-3-11-37-16-22)32(38-27)18-40-12-13-41(30-21-45-20-29(30)40)31-5-2-6-33(39-31)46-19-24-7-9-25(35)15-26(24)36;1-22-16(21)12-4-5-13-14(7-12)20(15(8-17)19-13)10-11-3-2-6-18-9-11;;/h2-11,14-16,29-30H,12-13,17-21H2,1H3;2-7,9H,8,10H2,1H3;2*1H/t29-,30+;;;/m1.../s1. The van der Waals surface area contributed by atoms with Crippen molar-refractivity contribution in [2.45, 2.75) is 44.2 Å². The number of hydrogen-bond donors (Lipinski definition) is 0. The Morgan fingerprint density at radius 1 is 0.714 bits per heavy atom. The molecule has 0 radical (unpaired) electrons. The number of carbonyl (C=O) groups excluding carboxylic acids is 2. The first-order valence-electron chi connectivity index (χ1n) is 21.8. The van der Waals surface area contributed by atoms with Crippen molar-refractivity contribution in [3.63, 3.8) is 0 Å². The van der Waals surface area contributed by atoms with Gasteiger partial charge in [-0.1, -0.05) is 35.9 Å². The number of piperazine rings is 1. The highest BCUT2D eigenvalue weighted by Gasteiger charge is 2.42. The zero-order chi connectivity index (χ0) is 47.1. The molecule has 3 aromatic carbocycles. The van der Waals surface area contributed by atoms with Crippen LogP contribution < -0.4 is 9.64 Å². The first-order valence-corrected chi connectivity index (χ1v) is 22.7. The Hall–Kier alpha value is -6.40. The third kappa shape index (κ3) is 11.4. The Labute approximate surface area is 425 Å². The molecular weight excluding hydrogens is 983 g/mol. The number of imidazole rings is 2. The molecule has 0 N–H and O–H groups in total. The summed E-state index contributed by atoms with van der Waals surface area (Å²) in [6.45, 7) is 4.44. The predicted molar refractivity (Wildman–Crippen MR) is 269 cm³/mol. The van der Waals surface area contributed by atoms with Gasteiger partial charge in [0.1, 0.15) is 29.9 Å². The third-order valence-electron chi connectivity index (χ3n) is 12.0. The fourth-order valence-electron chi connectivity index (χ4n) is 8.60. The molecule has 0 saturated carbocycles. The normalized spacial score (nSPS) is 15.3. The van der Waals surface area contributed by atoms with Crippen molar-refractivity contribution in [2.75, 3.05) is 45.4 Å². The molecule has 0 spiro atoms. The highest BCUT2D eigenvalue weighted by Crippen LogP contribution is 2.31. The molecule has 2 aliphatic rings. The highest BCUT2D eigenvalue weighted by atomic mass is 35.5. The van der Waals surface area contributed by atoms with Crippen molar-refractivity contribution >= 4 is 87.8 Å². The topological polar surface area (TPSA) is 152 Å². The fourth-order valence-corrected chi connectivity index (χ4v) is 8.96. The number of nitrogens with zero attached hydrogens (tertiary/aromatic N) is 9. The van der Waals surface area contributed by atoms with Gasteiger partial charge in [0.25, 0.3) is 0 Å². The molecule has 0 unspecified atom stereocenters. The summed E-state index contributed by atoms with van der Waals surface area (Å²) in [5.41, 5.74) is 6.76. The number of hydrogen-bond acceptors (Lipinski definition) is 13. The molecule has 2 atom stereocenters.